The van der Waals surface area contributed by atoms with Crippen molar-refractivity contribution < 1.29 is 8.42 Å². The molecule has 1 aromatic rings. The first-order chi connectivity index (χ1) is 6.47. The van der Waals surface area contributed by atoms with Crippen LogP contribution in [0.25, 0.3) is 0 Å². The molecule has 1 aromatic carbocycles. The maximum absolute atomic E-state index is 11.7. The molecule has 0 bridgehead atoms. The molecule has 0 heterocycles. The first-order valence-corrected chi connectivity index (χ1v) is 6.91. The van der Waals surface area contributed by atoms with Gasteiger partial charge in [-0.15, -0.1) is 0 Å². The van der Waals surface area contributed by atoms with Crippen molar-refractivity contribution in [3.05, 3.63) is 28.2 Å². The maximum Gasteiger partial charge on any atom is 0.178 e. The molecule has 0 saturated heterocycles. The van der Waals surface area contributed by atoms with Crippen molar-refractivity contribution in [3.8, 4) is 0 Å². The summed E-state index contributed by atoms with van der Waals surface area (Å²) < 4.78 is 24.2. The lowest BCUT2D eigenvalue weighted by Gasteiger charge is -2.04. The molecule has 0 radical (unpaired) electrons. The zero-order chi connectivity index (χ0) is 10.8. The fourth-order valence-electron chi connectivity index (χ4n) is 1.15. The van der Waals surface area contributed by atoms with Crippen molar-refractivity contribution in [2.45, 2.75) is 25.2 Å². The van der Waals surface area contributed by atoms with Gasteiger partial charge < -0.3 is 0 Å². The summed E-state index contributed by atoms with van der Waals surface area (Å²) in [6, 6.07) is 5.14. The molecule has 2 nitrogen and oxygen atoms in total. The molecule has 4 heteroatoms. The lowest BCUT2D eigenvalue weighted by atomic mass is 10.2. The maximum atomic E-state index is 11.7. The molecule has 0 N–H and O–H groups in total. The third kappa shape index (κ3) is 2.58. The second kappa shape index (κ2) is 4.45. The Labute approximate surface area is 93.4 Å². The highest BCUT2D eigenvalue weighted by molar-refractivity contribution is 9.10. The lowest BCUT2D eigenvalue weighted by molar-refractivity contribution is 0.594. The number of rotatable bonds is 3. The Kier molecular flexibility index (Phi) is 3.72. The van der Waals surface area contributed by atoms with Crippen LogP contribution in [-0.2, 0) is 9.84 Å². The van der Waals surface area contributed by atoms with Gasteiger partial charge in [-0.3, -0.25) is 0 Å². The molecule has 0 atom stereocenters. The Balaban J connectivity index is 3.15. The summed E-state index contributed by atoms with van der Waals surface area (Å²) in [7, 11) is -3.08. The number of hydrogen-bond donors (Lipinski definition) is 0. The van der Waals surface area contributed by atoms with E-state index in [4.69, 9.17) is 0 Å². The van der Waals surface area contributed by atoms with E-state index in [2.05, 4.69) is 15.9 Å². The van der Waals surface area contributed by atoms with E-state index in [0.717, 1.165) is 10.0 Å². The predicted molar refractivity (Wildman–Crippen MR) is 61.2 cm³/mol. The van der Waals surface area contributed by atoms with Crippen LogP contribution in [0, 0.1) is 6.92 Å². The summed E-state index contributed by atoms with van der Waals surface area (Å²) in [6.07, 6.45) is 0.647. The minimum Gasteiger partial charge on any atom is -0.224 e. The van der Waals surface area contributed by atoms with E-state index in [0.29, 0.717) is 11.3 Å². The molecule has 0 aliphatic carbocycles. The van der Waals surface area contributed by atoms with Gasteiger partial charge in [-0.2, -0.15) is 0 Å². The third-order valence-corrected chi connectivity index (χ3v) is 4.75. The summed E-state index contributed by atoms with van der Waals surface area (Å²) in [5.41, 5.74) is 1.04. The second-order valence-electron chi connectivity index (χ2n) is 3.23. The highest BCUT2D eigenvalue weighted by Gasteiger charge is 2.13. The quantitative estimate of drug-likeness (QED) is 0.851. The van der Waals surface area contributed by atoms with Gasteiger partial charge in [0.2, 0.25) is 0 Å². The molecular formula is C10H13BrO2S. The summed E-state index contributed by atoms with van der Waals surface area (Å²) in [5.74, 6) is 0.211. The van der Waals surface area contributed by atoms with E-state index in [1.54, 1.807) is 12.1 Å². The van der Waals surface area contributed by atoms with Gasteiger partial charge in [0.15, 0.2) is 9.84 Å². The van der Waals surface area contributed by atoms with Crippen molar-refractivity contribution in [3.63, 3.8) is 0 Å². The zero-order valence-electron chi connectivity index (χ0n) is 8.25. The van der Waals surface area contributed by atoms with Crippen LogP contribution in [0.3, 0.4) is 0 Å². The van der Waals surface area contributed by atoms with Crippen LogP contribution < -0.4 is 0 Å². The highest BCUT2D eigenvalue weighted by Crippen LogP contribution is 2.21. The molecule has 14 heavy (non-hydrogen) atoms. The van der Waals surface area contributed by atoms with E-state index in [1.807, 2.05) is 19.9 Å². The number of benzene rings is 1. The highest BCUT2D eigenvalue weighted by atomic mass is 79.9. The average molecular weight is 277 g/mol. The largest absolute Gasteiger partial charge is 0.224 e. The van der Waals surface area contributed by atoms with Gasteiger partial charge in [-0.05, 0) is 31.0 Å². The molecule has 0 saturated carbocycles. The smallest absolute Gasteiger partial charge is 0.178 e. The summed E-state index contributed by atoms with van der Waals surface area (Å²) in [6.45, 7) is 3.79. The molecule has 0 aliphatic heterocycles. The van der Waals surface area contributed by atoms with Gasteiger partial charge in [-0.1, -0.05) is 28.9 Å². The minimum absolute atomic E-state index is 0.211. The number of aryl methyl sites for hydroxylation is 1. The zero-order valence-corrected chi connectivity index (χ0v) is 10.7. The van der Waals surface area contributed by atoms with Gasteiger partial charge in [0.05, 0.1) is 10.6 Å². The molecule has 0 unspecified atom stereocenters. The van der Waals surface area contributed by atoms with E-state index in [-0.39, 0.29) is 5.75 Å². The minimum atomic E-state index is -3.08. The van der Waals surface area contributed by atoms with Crippen LogP contribution in [0.15, 0.2) is 27.6 Å². The van der Waals surface area contributed by atoms with Gasteiger partial charge >= 0.3 is 0 Å². The Morgan fingerprint density at radius 1 is 1.36 bits per heavy atom. The molecule has 0 fully saturated rings. The van der Waals surface area contributed by atoms with Gasteiger partial charge in [-0.25, -0.2) is 8.42 Å². The SMILES string of the molecule is CCCS(=O)(=O)c1ccc(C)c(Br)c1. The Morgan fingerprint density at radius 2 is 2.00 bits per heavy atom. The topological polar surface area (TPSA) is 34.1 Å². The molecule has 78 valence electrons. The van der Waals surface area contributed by atoms with Crippen LogP contribution in [0.1, 0.15) is 18.9 Å². The van der Waals surface area contributed by atoms with E-state index in [9.17, 15) is 8.42 Å². The standard InChI is InChI=1S/C10H13BrO2S/c1-3-6-14(12,13)9-5-4-8(2)10(11)7-9/h4-5,7H,3,6H2,1-2H3. The van der Waals surface area contributed by atoms with Crippen LogP contribution in [0.4, 0.5) is 0 Å². The molecule has 0 aliphatic rings. The van der Waals surface area contributed by atoms with Crippen molar-refractivity contribution in [2.75, 3.05) is 5.75 Å². The molecule has 1 rings (SSSR count). The summed E-state index contributed by atoms with van der Waals surface area (Å²) in [4.78, 5) is 0.400. The monoisotopic (exact) mass is 276 g/mol. The van der Waals surface area contributed by atoms with Crippen molar-refractivity contribution in [1.82, 2.24) is 0 Å². The van der Waals surface area contributed by atoms with E-state index >= 15 is 0 Å². The van der Waals surface area contributed by atoms with Gasteiger partial charge in [0.1, 0.15) is 0 Å². The third-order valence-electron chi connectivity index (χ3n) is 1.98. The summed E-state index contributed by atoms with van der Waals surface area (Å²) in [5, 5.41) is 0. The first-order valence-electron chi connectivity index (χ1n) is 4.46. The van der Waals surface area contributed by atoms with Crippen LogP contribution in [-0.4, -0.2) is 14.2 Å². The van der Waals surface area contributed by atoms with Gasteiger partial charge in [0.25, 0.3) is 0 Å². The van der Waals surface area contributed by atoms with Crippen LogP contribution in [0.5, 0.6) is 0 Å². The Bertz CT molecular complexity index is 424. The Hall–Kier alpha value is -0.350. The fourth-order valence-corrected chi connectivity index (χ4v) is 3.03. The predicted octanol–water partition coefficient (Wildman–Crippen LogP) is 2.94. The van der Waals surface area contributed by atoms with E-state index < -0.39 is 9.84 Å². The Morgan fingerprint density at radius 3 is 2.50 bits per heavy atom. The number of sulfone groups is 1. The normalized spacial score (nSPS) is 11.6. The van der Waals surface area contributed by atoms with Crippen molar-refractivity contribution >= 4 is 25.8 Å². The molecule has 0 aromatic heterocycles. The van der Waals surface area contributed by atoms with Crippen molar-refractivity contribution in [1.29, 1.82) is 0 Å². The average Bonchev–Trinajstić information content (AvgIpc) is 2.09. The fraction of sp³-hybridized carbons (Fsp3) is 0.400. The second-order valence-corrected chi connectivity index (χ2v) is 6.19. The van der Waals surface area contributed by atoms with E-state index in [1.165, 1.54) is 0 Å². The number of halogens is 1. The summed E-state index contributed by atoms with van der Waals surface area (Å²) >= 11 is 3.33. The lowest BCUT2D eigenvalue weighted by Crippen LogP contribution is -2.05. The van der Waals surface area contributed by atoms with Crippen LogP contribution in [0.2, 0.25) is 0 Å². The molecule has 0 amide bonds. The van der Waals surface area contributed by atoms with Crippen LogP contribution >= 0.6 is 15.9 Å². The first kappa shape index (κ1) is 11.7. The van der Waals surface area contributed by atoms with Gasteiger partial charge in [0, 0.05) is 4.47 Å². The molecular weight excluding hydrogens is 264 g/mol. The van der Waals surface area contributed by atoms with Crippen molar-refractivity contribution in [2.24, 2.45) is 0 Å². The number of hydrogen-bond acceptors (Lipinski definition) is 2. The molecule has 0 spiro atoms.